The van der Waals surface area contributed by atoms with E-state index in [2.05, 4.69) is 20.8 Å². The predicted molar refractivity (Wildman–Crippen MR) is 135 cm³/mol. The molecule has 9 heteroatoms. The van der Waals surface area contributed by atoms with E-state index in [4.69, 9.17) is 21.1 Å². The highest BCUT2D eigenvalue weighted by molar-refractivity contribution is 7.99. The van der Waals surface area contributed by atoms with Crippen LogP contribution in [-0.4, -0.2) is 39.1 Å². The molecule has 1 N–H and O–H groups in total. The van der Waals surface area contributed by atoms with Gasteiger partial charge in [0.05, 0.1) is 17.3 Å². The molecule has 176 valence electrons. The van der Waals surface area contributed by atoms with E-state index >= 15 is 0 Å². The highest BCUT2D eigenvalue weighted by atomic mass is 35.5. The maximum Gasteiger partial charge on any atom is 0.214 e. The summed E-state index contributed by atoms with van der Waals surface area (Å²) in [5, 5.41) is 16.8. The molecule has 34 heavy (non-hydrogen) atoms. The molecule has 0 saturated heterocycles. The van der Waals surface area contributed by atoms with Crippen molar-refractivity contribution in [1.82, 2.24) is 25.5 Å². The van der Waals surface area contributed by atoms with Gasteiger partial charge in [-0.05, 0) is 52.7 Å². The highest BCUT2D eigenvalue weighted by Crippen LogP contribution is 2.37. The second-order valence-corrected chi connectivity index (χ2v) is 8.82. The summed E-state index contributed by atoms with van der Waals surface area (Å²) in [7, 11) is 0. The van der Waals surface area contributed by atoms with Gasteiger partial charge in [-0.1, -0.05) is 71.9 Å². The Hall–Kier alpha value is -3.07. The molecule has 1 aromatic heterocycles. The lowest BCUT2D eigenvalue weighted by Crippen LogP contribution is -2.17. The standard InChI is InChI=1S/C25H26ClN5O2S/c1-2-32-23-16-20(15-22(26)24(23)33-18-19-9-5-3-6-10-19)17-27-13-14-34-25-28-29-30-31(25)21-11-7-4-8-12-21/h3-12,15-16,27H,2,13-14,17-18H2,1H3. The largest absolute Gasteiger partial charge is 0.490 e. The third kappa shape index (κ3) is 6.50. The first-order chi connectivity index (χ1) is 16.7. The number of thioether (sulfide) groups is 1. The maximum atomic E-state index is 6.56. The Labute approximate surface area is 208 Å². The van der Waals surface area contributed by atoms with Crippen LogP contribution in [0.25, 0.3) is 5.69 Å². The lowest BCUT2D eigenvalue weighted by Gasteiger charge is -2.15. The summed E-state index contributed by atoms with van der Waals surface area (Å²) in [5.74, 6) is 2.04. The first-order valence-electron chi connectivity index (χ1n) is 11.0. The third-order valence-electron chi connectivity index (χ3n) is 4.88. The summed E-state index contributed by atoms with van der Waals surface area (Å²) in [6.45, 7) is 4.34. The summed E-state index contributed by atoms with van der Waals surface area (Å²) < 4.78 is 13.5. The van der Waals surface area contributed by atoms with Crippen LogP contribution in [-0.2, 0) is 13.2 Å². The van der Waals surface area contributed by atoms with Gasteiger partial charge in [-0.3, -0.25) is 0 Å². The molecule has 0 aliphatic carbocycles. The van der Waals surface area contributed by atoms with E-state index in [9.17, 15) is 0 Å². The maximum absolute atomic E-state index is 6.56. The Bertz CT molecular complexity index is 1170. The van der Waals surface area contributed by atoms with Crippen LogP contribution in [0, 0.1) is 0 Å². The van der Waals surface area contributed by atoms with Gasteiger partial charge in [-0.15, -0.1) is 5.10 Å². The lowest BCUT2D eigenvalue weighted by molar-refractivity contribution is 0.269. The van der Waals surface area contributed by atoms with Gasteiger partial charge in [0.25, 0.3) is 0 Å². The molecule has 0 aliphatic rings. The molecule has 0 radical (unpaired) electrons. The average Bonchev–Trinajstić information content (AvgIpc) is 3.33. The number of hydrogen-bond acceptors (Lipinski definition) is 7. The Morgan fingerprint density at radius 1 is 0.971 bits per heavy atom. The minimum atomic E-state index is 0.428. The van der Waals surface area contributed by atoms with Crippen molar-refractivity contribution in [2.24, 2.45) is 0 Å². The molecule has 0 unspecified atom stereocenters. The second kappa shape index (κ2) is 12.4. The van der Waals surface area contributed by atoms with E-state index < -0.39 is 0 Å². The van der Waals surface area contributed by atoms with Crippen LogP contribution in [0.2, 0.25) is 5.02 Å². The van der Waals surface area contributed by atoms with Gasteiger partial charge in [-0.25, -0.2) is 0 Å². The molecule has 0 saturated carbocycles. The number of rotatable bonds is 12. The van der Waals surface area contributed by atoms with E-state index in [1.54, 1.807) is 16.4 Å². The van der Waals surface area contributed by atoms with Gasteiger partial charge >= 0.3 is 0 Å². The van der Waals surface area contributed by atoms with Crippen molar-refractivity contribution in [3.8, 4) is 17.2 Å². The van der Waals surface area contributed by atoms with E-state index in [0.717, 1.165) is 34.3 Å². The topological polar surface area (TPSA) is 74.1 Å². The number of benzene rings is 3. The third-order valence-corrected chi connectivity index (χ3v) is 6.08. The number of para-hydroxylation sites is 1. The summed E-state index contributed by atoms with van der Waals surface area (Å²) >= 11 is 8.16. The molecule has 0 amide bonds. The Kier molecular flexibility index (Phi) is 8.78. The number of nitrogens with one attached hydrogen (secondary N) is 1. The molecular weight excluding hydrogens is 470 g/mol. The van der Waals surface area contributed by atoms with E-state index in [0.29, 0.717) is 36.3 Å². The normalized spacial score (nSPS) is 10.9. The van der Waals surface area contributed by atoms with Crippen LogP contribution in [0.5, 0.6) is 11.5 Å². The summed E-state index contributed by atoms with van der Waals surface area (Å²) in [6.07, 6.45) is 0. The monoisotopic (exact) mass is 495 g/mol. The number of nitrogens with zero attached hydrogens (tertiary/aromatic N) is 4. The molecule has 7 nitrogen and oxygen atoms in total. The fourth-order valence-electron chi connectivity index (χ4n) is 3.30. The summed E-state index contributed by atoms with van der Waals surface area (Å²) in [4.78, 5) is 0. The zero-order valence-electron chi connectivity index (χ0n) is 18.9. The van der Waals surface area contributed by atoms with Gasteiger partial charge in [-0.2, -0.15) is 4.68 Å². The van der Waals surface area contributed by atoms with Crippen molar-refractivity contribution in [3.63, 3.8) is 0 Å². The number of halogens is 1. The quantitative estimate of drug-likeness (QED) is 0.214. The number of aromatic nitrogens is 4. The zero-order chi connectivity index (χ0) is 23.6. The lowest BCUT2D eigenvalue weighted by atomic mass is 10.2. The molecule has 0 fully saturated rings. The minimum absolute atomic E-state index is 0.428. The molecule has 0 aliphatic heterocycles. The molecular formula is C25H26ClN5O2S. The van der Waals surface area contributed by atoms with Crippen LogP contribution in [0.15, 0.2) is 78.0 Å². The van der Waals surface area contributed by atoms with Crippen molar-refractivity contribution in [1.29, 1.82) is 0 Å². The van der Waals surface area contributed by atoms with Crippen molar-refractivity contribution in [2.75, 3.05) is 18.9 Å². The molecule has 4 rings (SSSR count). The fourth-order valence-corrected chi connectivity index (χ4v) is 4.38. The SMILES string of the molecule is CCOc1cc(CNCCSc2nnnn2-c2ccccc2)cc(Cl)c1OCc1ccccc1. The van der Waals surface area contributed by atoms with Crippen molar-refractivity contribution in [3.05, 3.63) is 88.9 Å². The number of ether oxygens (including phenoxy) is 2. The number of hydrogen-bond donors (Lipinski definition) is 1. The molecule has 3 aromatic carbocycles. The summed E-state index contributed by atoms with van der Waals surface area (Å²) in [5.41, 5.74) is 3.04. The van der Waals surface area contributed by atoms with Crippen molar-refractivity contribution >= 4 is 23.4 Å². The van der Waals surface area contributed by atoms with Crippen LogP contribution >= 0.6 is 23.4 Å². The minimum Gasteiger partial charge on any atom is -0.490 e. The van der Waals surface area contributed by atoms with E-state index in [-0.39, 0.29) is 0 Å². The number of tetrazole rings is 1. The van der Waals surface area contributed by atoms with Crippen molar-refractivity contribution in [2.45, 2.75) is 25.2 Å². The van der Waals surface area contributed by atoms with Gasteiger partial charge in [0, 0.05) is 18.8 Å². The first-order valence-corrected chi connectivity index (χ1v) is 12.4. The Morgan fingerprint density at radius 3 is 2.50 bits per heavy atom. The fraction of sp³-hybridized carbons (Fsp3) is 0.240. The van der Waals surface area contributed by atoms with E-state index in [1.165, 1.54) is 0 Å². The Morgan fingerprint density at radius 2 is 1.74 bits per heavy atom. The first kappa shape index (κ1) is 24.1. The van der Waals surface area contributed by atoms with Crippen LogP contribution in [0.4, 0.5) is 0 Å². The molecule has 4 aromatic rings. The van der Waals surface area contributed by atoms with Crippen molar-refractivity contribution < 1.29 is 9.47 Å². The van der Waals surface area contributed by atoms with Crippen LogP contribution < -0.4 is 14.8 Å². The zero-order valence-corrected chi connectivity index (χ0v) is 20.4. The summed E-state index contributed by atoms with van der Waals surface area (Å²) in [6, 6.07) is 23.7. The van der Waals surface area contributed by atoms with E-state index in [1.807, 2.05) is 79.7 Å². The molecule has 0 atom stereocenters. The van der Waals surface area contributed by atoms with Crippen LogP contribution in [0.1, 0.15) is 18.1 Å². The Balaban J connectivity index is 1.30. The molecule has 0 spiro atoms. The van der Waals surface area contributed by atoms with Gasteiger partial charge in [0.15, 0.2) is 11.5 Å². The second-order valence-electron chi connectivity index (χ2n) is 7.35. The average molecular weight is 496 g/mol. The van der Waals surface area contributed by atoms with Gasteiger partial charge < -0.3 is 14.8 Å². The van der Waals surface area contributed by atoms with Gasteiger partial charge in [0.1, 0.15) is 6.61 Å². The highest BCUT2D eigenvalue weighted by Gasteiger charge is 2.13. The van der Waals surface area contributed by atoms with Gasteiger partial charge in [0.2, 0.25) is 5.16 Å². The molecule has 0 bridgehead atoms. The smallest absolute Gasteiger partial charge is 0.214 e. The molecule has 1 heterocycles. The van der Waals surface area contributed by atoms with Crippen LogP contribution in [0.3, 0.4) is 0 Å². The predicted octanol–water partition coefficient (Wildman–Crippen LogP) is 5.18.